The van der Waals surface area contributed by atoms with E-state index in [1.807, 2.05) is 13.8 Å². The van der Waals surface area contributed by atoms with Crippen molar-refractivity contribution in [3.63, 3.8) is 0 Å². The molecule has 0 unspecified atom stereocenters. The third kappa shape index (κ3) is 4.63. The second-order valence-electron chi connectivity index (χ2n) is 3.06. The lowest BCUT2D eigenvalue weighted by Gasteiger charge is -2.19. The van der Waals surface area contributed by atoms with Crippen LogP contribution in [0.4, 0.5) is 0 Å². The second kappa shape index (κ2) is 7.04. The minimum Gasteiger partial charge on any atom is -0.466 e. The first-order valence-electron chi connectivity index (χ1n) is 5.19. The maximum atomic E-state index is 11.7. The fourth-order valence-corrected chi connectivity index (χ4v) is 1.20. The molecule has 0 spiro atoms. The van der Waals surface area contributed by atoms with Crippen molar-refractivity contribution in [2.45, 2.75) is 27.2 Å². The van der Waals surface area contributed by atoms with E-state index in [1.165, 1.54) is 0 Å². The number of likely N-dealkylation sites (N-methyl/N-ethyl adjacent to an activating group) is 1. The smallest absolute Gasteiger partial charge is 0.310 e. The van der Waals surface area contributed by atoms with Gasteiger partial charge in [-0.1, -0.05) is 6.58 Å². The summed E-state index contributed by atoms with van der Waals surface area (Å²) >= 11 is 0. The van der Waals surface area contributed by atoms with Gasteiger partial charge in [0.1, 0.15) is 0 Å². The molecule has 0 fully saturated rings. The van der Waals surface area contributed by atoms with Gasteiger partial charge in [0.05, 0.1) is 13.0 Å². The van der Waals surface area contributed by atoms with Gasteiger partial charge in [-0.3, -0.25) is 9.59 Å². The molecule has 0 aliphatic rings. The summed E-state index contributed by atoms with van der Waals surface area (Å²) in [5.74, 6) is -0.573. The Balaban J connectivity index is 4.20. The van der Waals surface area contributed by atoms with Crippen molar-refractivity contribution in [1.82, 2.24) is 4.90 Å². The van der Waals surface area contributed by atoms with Gasteiger partial charge >= 0.3 is 5.97 Å². The van der Waals surface area contributed by atoms with Crippen LogP contribution in [0.5, 0.6) is 0 Å². The number of rotatable bonds is 6. The number of amides is 1. The van der Waals surface area contributed by atoms with E-state index in [0.29, 0.717) is 19.7 Å². The van der Waals surface area contributed by atoms with Crippen LogP contribution in [0.3, 0.4) is 0 Å². The maximum absolute atomic E-state index is 11.7. The van der Waals surface area contributed by atoms with Gasteiger partial charge in [-0.25, -0.2) is 0 Å². The lowest BCUT2D eigenvalue weighted by Crippen LogP contribution is -2.32. The molecule has 0 radical (unpaired) electrons. The molecule has 0 bridgehead atoms. The molecule has 0 heterocycles. The summed E-state index contributed by atoms with van der Waals surface area (Å²) in [5.41, 5.74) is 0.289. The molecule has 15 heavy (non-hydrogen) atoms. The van der Waals surface area contributed by atoms with E-state index in [4.69, 9.17) is 4.74 Å². The fourth-order valence-electron chi connectivity index (χ4n) is 1.20. The van der Waals surface area contributed by atoms with E-state index in [-0.39, 0.29) is 17.9 Å². The molecule has 0 rings (SSSR count). The lowest BCUT2D eigenvalue weighted by molar-refractivity contribution is -0.143. The van der Waals surface area contributed by atoms with Crippen LogP contribution in [0.25, 0.3) is 0 Å². The Hall–Kier alpha value is -1.32. The van der Waals surface area contributed by atoms with Crippen LogP contribution in [0, 0.1) is 0 Å². The van der Waals surface area contributed by atoms with E-state index in [0.717, 1.165) is 0 Å². The number of nitrogens with zero attached hydrogens (tertiary/aromatic N) is 1. The average Bonchev–Trinajstić information content (AvgIpc) is 2.19. The Morgan fingerprint density at radius 1 is 1.20 bits per heavy atom. The highest BCUT2D eigenvalue weighted by Gasteiger charge is 2.16. The Kier molecular flexibility index (Phi) is 6.42. The molecule has 0 aromatic heterocycles. The standard InChI is InChI=1S/C11H19NO3/c1-5-12(6-2)11(14)9(4)8-10(13)15-7-3/h4-8H2,1-3H3. The lowest BCUT2D eigenvalue weighted by atomic mass is 10.2. The topological polar surface area (TPSA) is 46.6 Å². The summed E-state index contributed by atoms with van der Waals surface area (Å²) in [7, 11) is 0. The predicted molar refractivity (Wildman–Crippen MR) is 58.3 cm³/mol. The quantitative estimate of drug-likeness (QED) is 0.494. The van der Waals surface area contributed by atoms with Crippen molar-refractivity contribution >= 4 is 11.9 Å². The molecular formula is C11H19NO3. The van der Waals surface area contributed by atoms with Crippen molar-refractivity contribution in [1.29, 1.82) is 0 Å². The molecule has 0 saturated carbocycles. The minimum atomic E-state index is -0.400. The molecule has 0 aromatic rings. The molecule has 4 nitrogen and oxygen atoms in total. The van der Waals surface area contributed by atoms with Crippen molar-refractivity contribution in [3.05, 3.63) is 12.2 Å². The normalized spacial score (nSPS) is 9.53. The van der Waals surface area contributed by atoms with E-state index in [2.05, 4.69) is 6.58 Å². The monoisotopic (exact) mass is 213 g/mol. The molecule has 0 N–H and O–H groups in total. The Morgan fingerprint density at radius 3 is 2.13 bits per heavy atom. The van der Waals surface area contributed by atoms with Gasteiger partial charge in [0.25, 0.3) is 0 Å². The van der Waals surface area contributed by atoms with E-state index in [1.54, 1.807) is 11.8 Å². The van der Waals surface area contributed by atoms with Gasteiger partial charge in [0.2, 0.25) is 5.91 Å². The number of carbonyl (C=O) groups is 2. The summed E-state index contributed by atoms with van der Waals surface area (Å²) < 4.78 is 4.74. The first kappa shape index (κ1) is 13.7. The zero-order chi connectivity index (χ0) is 11.8. The summed E-state index contributed by atoms with van der Waals surface area (Å²) in [5, 5.41) is 0. The summed E-state index contributed by atoms with van der Waals surface area (Å²) in [4.78, 5) is 24.4. The molecule has 0 aromatic carbocycles. The van der Waals surface area contributed by atoms with Crippen molar-refractivity contribution in [2.75, 3.05) is 19.7 Å². The van der Waals surface area contributed by atoms with Crippen molar-refractivity contribution in [3.8, 4) is 0 Å². The molecule has 4 heteroatoms. The number of hydrogen-bond donors (Lipinski definition) is 0. The van der Waals surface area contributed by atoms with Crippen LogP contribution in [-0.4, -0.2) is 36.5 Å². The van der Waals surface area contributed by atoms with Gasteiger partial charge < -0.3 is 9.64 Å². The molecule has 0 aliphatic heterocycles. The maximum Gasteiger partial charge on any atom is 0.310 e. The number of carbonyl (C=O) groups excluding carboxylic acids is 2. The summed E-state index contributed by atoms with van der Waals surface area (Å²) in [6.07, 6.45) is -0.0246. The first-order valence-corrected chi connectivity index (χ1v) is 5.19. The van der Waals surface area contributed by atoms with Gasteiger partial charge in [-0.05, 0) is 20.8 Å². The third-order valence-electron chi connectivity index (χ3n) is 2.02. The molecule has 0 aliphatic carbocycles. The Bertz CT molecular complexity index is 244. The Labute approximate surface area is 90.9 Å². The van der Waals surface area contributed by atoms with E-state index >= 15 is 0 Å². The van der Waals surface area contributed by atoms with Gasteiger partial charge in [-0.2, -0.15) is 0 Å². The molecule has 0 atom stereocenters. The highest BCUT2D eigenvalue weighted by atomic mass is 16.5. The fraction of sp³-hybridized carbons (Fsp3) is 0.636. The third-order valence-corrected chi connectivity index (χ3v) is 2.02. The van der Waals surface area contributed by atoms with Crippen LogP contribution in [0.15, 0.2) is 12.2 Å². The van der Waals surface area contributed by atoms with Gasteiger partial charge in [0, 0.05) is 18.7 Å². The van der Waals surface area contributed by atoms with Crippen LogP contribution in [-0.2, 0) is 14.3 Å². The minimum absolute atomic E-state index is 0.0246. The van der Waals surface area contributed by atoms with Gasteiger partial charge in [0.15, 0.2) is 0 Å². The SMILES string of the molecule is C=C(CC(=O)OCC)C(=O)N(CC)CC. The summed E-state index contributed by atoms with van der Waals surface area (Å²) in [6, 6.07) is 0. The number of esters is 1. The average molecular weight is 213 g/mol. The molecule has 1 amide bonds. The van der Waals surface area contributed by atoms with Crippen molar-refractivity contribution < 1.29 is 14.3 Å². The highest BCUT2D eigenvalue weighted by molar-refractivity contribution is 5.97. The van der Waals surface area contributed by atoms with E-state index < -0.39 is 5.97 Å². The van der Waals surface area contributed by atoms with Crippen LogP contribution in [0.2, 0.25) is 0 Å². The Morgan fingerprint density at radius 2 is 1.73 bits per heavy atom. The second-order valence-corrected chi connectivity index (χ2v) is 3.06. The predicted octanol–water partition coefficient (Wildman–Crippen LogP) is 1.36. The first-order chi connectivity index (χ1) is 7.06. The highest BCUT2D eigenvalue weighted by Crippen LogP contribution is 2.05. The van der Waals surface area contributed by atoms with Gasteiger partial charge in [-0.15, -0.1) is 0 Å². The molecular weight excluding hydrogens is 194 g/mol. The molecule has 86 valence electrons. The van der Waals surface area contributed by atoms with Crippen LogP contribution >= 0.6 is 0 Å². The largest absolute Gasteiger partial charge is 0.466 e. The van der Waals surface area contributed by atoms with Crippen molar-refractivity contribution in [2.24, 2.45) is 0 Å². The number of hydrogen-bond acceptors (Lipinski definition) is 3. The zero-order valence-corrected chi connectivity index (χ0v) is 9.71. The van der Waals surface area contributed by atoms with Crippen LogP contribution in [0.1, 0.15) is 27.2 Å². The molecule has 0 saturated heterocycles. The van der Waals surface area contributed by atoms with E-state index in [9.17, 15) is 9.59 Å². The number of ether oxygens (including phenoxy) is 1. The summed E-state index contributed by atoms with van der Waals surface area (Å²) in [6.45, 7) is 10.7. The van der Waals surface area contributed by atoms with Crippen LogP contribution < -0.4 is 0 Å². The zero-order valence-electron chi connectivity index (χ0n) is 9.71.